The lowest BCUT2D eigenvalue weighted by atomic mass is 10.2. The number of thiophene rings is 1. The Hall–Kier alpha value is -0.580. The van der Waals surface area contributed by atoms with Crippen molar-refractivity contribution in [3.63, 3.8) is 0 Å². The molecule has 0 spiro atoms. The summed E-state index contributed by atoms with van der Waals surface area (Å²) in [5.74, 6) is -0.406. The molecule has 1 nitrogen and oxygen atoms in total. The highest BCUT2D eigenvalue weighted by molar-refractivity contribution is 9.10. The lowest BCUT2D eigenvalue weighted by Crippen LogP contribution is -2.04. The van der Waals surface area contributed by atoms with Crippen molar-refractivity contribution in [1.29, 1.82) is 0 Å². The van der Waals surface area contributed by atoms with Crippen LogP contribution in [0.15, 0.2) is 34.1 Å². The highest BCUT2D eigenvalue weighted by atomic mass is 79.9. The Balaban J connectivity index is 2.12. The van der Waals surface area contributed by atoms with Gasteiger partial charge in [-0.15, -0.1) is 11.3 Å². The van der Waals surface area contributed by atoms with Gasteiger partial charge in [-0.1, -0.05) is 11.6 Å². The molecule has 0 aliphatic rings. The highest BCUT2D eigenvalue weighted by Gasteiger charge is 2.09. The standard InChI is InChI=1S/C12H10BrClFNS/c1-7(12-4-8(13)6-17-12)16-9-2-3-10(14)11(15)5-9/h2-7,16H,1H3. The van der Waals surface area contributed by atoms with E-state index in [4.69, 9.17) is 11.6 Å². The van der Waals surface area contributed by atoms with Crippen molar-refractivity contribution in [2.75, 3.05) is 5.32 Å². The van der Waals surface area contributed by atoms with E-state index in [0.717, 1.165) is 10.2 Å². The van der Waals surface area contributed by atoms with E-state index < -0.39 is 5.82 Å². The Bertz CT molecular complexity index is 529. The van der Waals surface area contributed by atoms with Crippen LogP contribution in [0.4, 0.5) is 10.1 Å². The molecule has 17 heavy (non-hydrogen) atoms. The van der Waals surface area contributed by atoms with Crippen molar-refractivity contribution in [2.45, 2.75) is 13.0 Å². The van der Waals surface area contributed by atoms with E-state index in [-0.39, 0.29) is 11.1 Å². The second kappa shape index (κ2) is 5.38. The van der Waals surface area contributed by atoms with Crippen LogP contribution in [0.3, 0.4) is 0 Å². The Morgan fingerprint density at radius 1 is 1.41 bits per heavy atom. The summed E-state index contributed by atoms with van der Waals surface area (Å²) in [5.41, 5.74) is 0.726. The molecule has 5 heteroatoms. The second-order valence-corrected chi connectivity index (χ2v) is 5.93. The number of hydrogen-bond donors (Lipinski definition) is 1. The zero-order valence-corrected chi connectivity index (χ0v) is 12.2. The molecule has 0 aliphatic heterocycles. The van der Waals surface area contributed by atoms with E-state index in [1.165, 1.54) is 10.9 Å². The molecule has 1 heterocycles. The molecule has 1 aromatic carbocycles. The van der Waals surface area contributed by atoms with E-state index in [2.05, 4.69) is 27.3 Å². The zero-order chi connectivity index (χ0) is 12.4. The molecular formula is C12H10BrClFNS. The predicted octanol–water partition coefficient (Wildman–Crippen LogP) is 5.48. The topological polar surface area (TPSA) is 12.0 Å². The molecule has 0 saturated carbocycles. The molecule has 90 valence electrons. The molecule has 1 aromatic heterocycles. The summed E-state index contributed by atoms with van der Waals surface area (Å²) in [6.45, 7) is 2.03. The number of rotatable bonds is 3. The molecular weight excluding hydrogens is 325 g/mol. The Labute approximate surface area is 117 Å². The number of hydrogen-bond acceptors (Lipinski definition) is 2. The Kier molecular flexibility index (Phi) is 4.07. The van der Waals surface area contributed by atoms with Crippen LogP contribution in [-0.4, -0.2) is 0 Å². The van der Waals surface area contributed by atoms with Gasteiger partial charge in [0.2, 0.25) is 0 Å². The van der Waals surface area contributed by atoms with Gasteiger partial charge in [-0.05, 0) is 47.1 Å². The molecule has 0 aliphatic carbocycles. The summed E-state index contributed by atoms with van der Waals surface area (Å²) >= 11 is 10.7. The first-order valence-corrected chi connectivity index (χ1v) is 7.07. The normalized spacial score (nSPS) is 12.5. The van der Waals surface area contributed by atoms with Gasteiger partial charge in [-0.3, -0.25) is 0 Å². The SMILES string of the molecule is CC(Nc1ccc(Cl)c(F)c1)c1cc(Br)cs1. The number of nitrogens with one attached hydrogen (secondary N) is 1. The molecule has 0 radical (unpaired) electrons. The van der Waals surface area contributed by atoms with Gasteiger partial charge in [-0.2, -0.15) is 0 Å². The van der Waals surface area contributed by atoms with Crippen LogP contribution in [0.1, 0.15) is 17.8 Å². The molecule has 0 saturated heterocycles. The largest absolute Gasteiger partial charge is 0.378 e. The number of benzene rings is 1. The predicted molar refractivity (Wildman–Crippen MR) is 75.5 cm³/mol. The third kappa shape index (κ3) is 3.21. The monoisotopic (exact) mass is 333 g/mol. The van der Waals surface area contributed by atoms with Gasteiger partial charge < -0.3 is 5.32 Å². The van der Waals surface area contributed by atoms with Gasteiger partial charge in [0.25, 0.3) is 0 Å². The van der Waals surface area contributed by atoms with E-state index in [1.54, 1.807) is 23.5 Å². The summed E-state index contributed by atoms with van der Waals surface area (Å²) in [6, 6.07) is 6.91. The highest BCUT2D eigenvalue weighted by Crippen LogP contribution is 2.28. The van der Waals surface area contributed by atoms with Gasteiger partial charge in [0.15, 0.2) is 0 Å². The first kappa shape index (κ1) is 12.9. The first-order valence-electron chi connectivity index (χ1n) is 5.02. The molecule has 2 rings (SSSR count). The Morgan fingerprint density at radius 3 is 2.76 bits per heavy atom. The molecule has 2 aromatic rings. The molecule has 0 fully saturated rings. The van der Waals surface area contributed by atoms with Gasteiger partial charge >= 0.3 is 0 Å². The number of anilines is 1. The second-order valence-electron chi connectivity index (χ2n) is 3.66. The van der Waals surface area contributed by atoms with E-state index in [9.17, 15) is 4.39 Å². The maximum absolute atomic E-state index is 13.3. The van der Waals surface area contributed by atoms with Crippen LogP contribution < -0.4 is 5.32 Å². The lowest BCUT2D eigenvalue weighted by molar-refractivity contribution is 0.628. The summed E-state index contributed by atoms with van der Waals surface area (Å²) in [7, 11) is 0. The summed E-state index contributed by atoms with van der Waals surface area (Å²) in [4.78, 5) is 1.19. The smallest absolute Gasteiger partial charge is 0.143 e. The van der Waals surface area contributed by atoms with Crippen molar-refractivity contribution in [2.24, 2.45) is 0 Å². The van der Waals surface area contributed by atoms with Crippen LogP contribution in [0, 0.1) is 5.82 Å². The van der Waals surface area contributed by atoms with Crippen molar-refractivity contribution >= 4 is 44.6 Å². The zero-order valence-electron chi connectivity index (χ0n) is 9.01. The van der Waals surface area contributed by atoms with Crippen molar-refractivity contribution < 1.29 is 4.39 Å². The fraction of sp³-hybridized carbons (Fsp3) is 0.167. The van der Waals surface area contributed by atoms with E-state index in [0.29, 0.717) is 0 Å². The van der Waals surface area contributed by atoms with Crippen LogP contribution >= 0.6 is 38.9 Å². The van der Waals surface area contributed by atoms with Crippen molar-refractivity contribution in [3.8, 4) is 0 Å². The maximum Gasteiger partial charge on any atom is 0.143 e. The molecule has 1 unspecified atom stereocenters. The van der Waals surface area contributed by atoms with Gasteiger partial charge in [0.1, 0.15) is 5.82 Å². The van der Waals surface area contributed by atoms with Crippen LogP contribution in [0.25, 0.3) is 0 Å². The van der Waals surface area contributed by atoms with Crippen LogP contribution in [0.2, 0.25) is 5.02 Å². The molecule has 1 N–H and O–H groups in total. The molecule has 0 amide bonds. The minimum Gasteiger partial charge on any atom is -0.378 e. The summed E-state index contributed by atoms with van der Waals surface area (Å²) in [5, 5.41) is 5.40. The lowest BCUT2D eigenvalue weighted by Gasteiger charge is -2.13. The molecule has 1 atom stereocenters. The quantitative estimate of drug-likeness (QED) is 0.784. The van der Waals surface area contributed by atoms with Gasteiger partial charge in [0.05, 0.1) is 11.1 Å². The van der Waals surface area contributed by atoms with Gasteiger partial charge in [-0.25, -0.2) is 4.39 Å². The van der Waals surface area contributed by atoms with E-state index in [1.807, 2.05) is 12.3 Å². The van der Waals surface area contributed by atoms with Crippen molar-refractivity contribution in [3.05, 3.63) is 49.8 Å². The van der Waals surface area contributed by atoms with Crippen molar-refractivity contribution in [1.82, 2.24) is 0 Å². The van der Waals surface area contributed by atoms with E-state index >= 15 is 0 Å². The summed E-state index contributed by atoms with van der Waals surface area (Å²) < 4.78 is 14.3. The first-order chi connectivity index (χ1) is 8.06. The number of halogens is 3. The van der Waals surface area contributed by atoms with Gasteiger partial charge in [0, 0.05) is 20.4 Å². The fourth-order valence-corrected chi connectivity index (χ4v) is 3.03. The minimum absolute atomic E-state index is 0.131. The maximum atomic E-state index is 13.3. The Morgan fingerprint density at radius 2 is 2.18 bits per heavy atom. The fourth-order valence-electron chi connectivity index (χ4n) is 1.46. The molecule has 0 bridgehead atoms. The van der Waals surface area contributed by atoms with Crippen LogP contribution in [-0.2, 0) is 0 Å². The third-order valence-electron chi connectivity index (χ3n) is 2.32. The minimum atomic E-state index is -0.406. The average Bonchev–Trinajstić information content (AvgIpc) is 2.70. The third-order valence-corrected chi connectivity index (χ3v) is 4.50. The average molecular weight is 335 g/mol. The van der Waals surface area contributed by atoms with Crippen LogP contribution in [0.5, 0.6) is 0 Å². The summed E-state index contributed by atoms with van der Waals surface area (Å²) in [6.07, 6.45) is 0.